The van der Waals surface area contributed by atoms with Crippen molar-refractivity contribution in [2.75, 3.05) is 59.4 Å². The molecule has 9 nitrogen and oxygen atoms in total. The van der Waals surface area contributed by atoms with Gasteiger partial charge in [-0.05, 0) is 31.8 Å². The quantitative estimate of drug-likeness (QED) is 0.290. The molecule has 1 amide bonds. The molecule has 0 aromatic heterocycles. The molecule has 1 atom stereocenters. The summed E-state index contributed by atoms with van der Waals surface area (Å²) in [7, 11) is 0. The molecule has 0 heterocycles. The molecule has 1 aliphatic carbocycles. The van der Waals surface area contributed by atoms with E-state index in [4.69, 9.17) is 28.8 Å². The summed E-state index contributed by atoms with van der Waals surface area (Å²) in [5.41, 5.74) is 0. The summed E-state index contributed by atoms with van der Waals surface area (Å²) in [5, 5.41) is 11.1. The largest absolute Gasteiger partial charge is 0.481 e. The molecule has 9 heteroatoms. The molecule has 0 bridgehead atoms. The third-order valence-electron chi connectivity index (χ3n) is 4.06. The van der Waals surface area contributed by atoms with E-state index in [9.17, 15) is 9.59 Å². The standard InChI is InChI=1S/C20H35NO8/c22-19(23)8-10-25-12-14-27-16-17-28-15-13-26-11-9-21-20(24)29-18-6-4-2-1-3-5-7-18/h4,6,18H,1-3,5,7-17H2,(H,21,24)(H,22,23)/b6-4-. The predicted octanol–water partition coefficient (Wildman–Crippen LogP) is 2.14. The Morgan fingerprint density at radius 2 is 1.48 bits per heavy atom. The van der Waals surface area contributed by atoms with Crippen LogP contribution in [0.25, 0.3) is 0 Å². The molecular weight excluding hydrogens is 382 g/mol. The number of carboxylic acid groups (broad SMARTS) is 1. The zero-order valence-corrected chi connectivity index (χ0v) is 17.1. The van der Waals surface area contributed by atoms with Crippen molar-refractivity contribution >= 4 is 12.1 Å². The van der Waals surface area contributed by atoms with E-state index in [2.05, 4.69) is 11.4 Å². The Morgan fingerprint density at radius 1 is 0.862 bits per heavy atom. The summed E-state index contributed by atoms with van der Waals surface area (Å²) in [5.74, 6) is -0.875. The minimum absolute atomic E-state index is 0.00230. The van der Waals surface area contributed by atoms with Gasteiger partial charge in [0.2, 0.25) is 0 Å². The van der Waals surface area contributed by atoms with Crippen LogP contribution in [0.1, 0.15) is 38.5 Å². The number of carbonyl (C=O) groups excluding carboxylic acids is 1. The van der Waals surface area contributed by atoms with E-state index in [1.54, 1.807) is 0 Å². The van der Waals surface area contributed by atoms with Crippen molar-refractivity contribution in [3.8, 4) is 0 Å². The number of alkyl carbamates (subject to hydrolysis) is 1. The second kappa shape index (κ2) is 18.4. The monoisotopic (exact) mass is 417 g/mol. The summed E-state index contributed by atoms with van der Waals surface area (Å²) in [6.45, 7) is 3.49. The van der Waals surface area contributed by atoms with Crippen LogP contribution in [0.15, 0.2) is 12.2 Å². The van der Waals surface area contributed by atoms with Gasteiger partial charge in [-0.25, -0.2) is 4.79 Å². The summed E-state index contributed by atoms with van der Waals surface area (Å²) in [4.78, 5) is 22.0. The second-order valence-electron chi connectivity index (χ2n) is 6.53. The lowest BCUT2D eigenvalue weighted by atomic mass is 10.0. The number of amides is 1. The van der Waals surface area contributed by atoms with Gasteiger partial charge in [0, 0.05) is 6.54 Å². The fourth-order valence-corrected chi connectivity index (χ4v) is 2.55. The molecule has 1 unspecified atom stereocenters. The molecule has 168 valence electrons. The van der Waals surface area contributed by atoms with E-state index in [0.29, 0.717) is 52.8 Å². The molecule has 29 heavy (non-hydrogen) atoms. The fourth-order valence-electron chi connectivity index (χ4n) is 2.55. The minimum Gasteiger partial charge on any atom is -0.481 e. The molecule has 1 aliphatic rings. The maximum atomic E-state index is 11.8. The highest BCUT2D eigenvalue weighted by atomic mass is 16.6. The zero-order valence-electron chi connectivity index (χ0n) is 17.1. The smallest absolute Gasteiger partial charge is 0.407 e. The molecule has 0 aromatic carbocycles. The van der Waals surface area contributed by atoms with E-state index in [-0.39, 0.29) is 19.1 Å². The van der Waals surface area contributed by atoms with Gasteiger partial charge in [0.1, 0.15) is 6.10 Å². The van der Waals surface area contributed by atoms with Gasteiger partial charge in [0.05, 0.1) is 59.3 Å². The van der Waals surface area contributed by atoms with E-state index >= 15 is 0 Å². The Hall–Kier alpha value is -1.68. The Kier molecular flexibility index (Phi) is 16.0. The highest BCUT2D eigenvalue weighted by molar-refractivity contribution is 5.67. The zero-order chi connectivity index (χ0) is 21.0. The first-order valence-corrected chi connectivity index (χ1v) is 10.3. The van der Waals surface area contributed by atoms with Crippen molar-refractivity contribution in [3.63, 3.8) is 0 Å². The van der Waals surface area contributed by atoms with Gasteiger partial charge in [-0.1, -0.05) is 12.5 Å². The molecule has 0 aromatic rings. The van der Waals surface area contributed by atoms with Gasteiger partial charge in [-0.3, -0.25) is 4.79 Å². The van der Waals surface area contributed by atoms with Crippen molar-refractivity contribution < 1.29 is 38.4 Å². The number of aliphatic carboxylic acids is 1. The third kappa shape index (κ3) is 16.9. The van der Waals surface area contributed by atoms with Gasteiger partial charge in [0.25, 0.3) is 0 Å². The fraction of sp³-hybridized carbons (Fsp3) is 0.800. The van der Waals surface area contributed by atoms with Crippen LogP contribution >= 0.6 is 0 Å². The predicted molar refractivity (Wildman–Crippen MR) is 106 cm³/mol. The normalized spacial score (nSPS) is 17.9. The Morgan fingerprint density at radius 3 is 2.14 bits per heavy atom. The van der Waals surface area contributed by atoms with Crippen molar-refractivity contribution in [1.29, 1.82) is 0 Å². The lowest BCUT2D eigenvalue weighted by Crippen LogP contribution is -2.31. The number of carbonyl (C=O) groups is 2. The lowest BCUT2D eigenvalue weighted by molar-refractivity contribution is -0.138. The summed E-state index contributed by atoms with van der Waals surface area (Å²) < 4.78 is 26.5. The first kappa shape index (κ1) is 25.4. The first-order valence-electron chi connectivity index (χ1n) is 10.3. The second-order valence-corrected chi connectivity index (χ2v) is 6.53. The van der Waals surface area contributed by atoms with Crippen molar-refractivity contribution in [2.24, 2.45) is 0 Å². The molecule has 0 radical (unpaired) electrons. The van der Waals surface area contributed by atoms with Crippen LogP contribution in [0.2, 0.25) is 0 Å². The van der Waals surface area contributed by atoms with Crippen LogP contribution in [0, 0.1) is 0 Å². The topological polar surface area (TPSA) is 113 Å². The Labute approximate surface area is 172 Å². The van der Waals surface area contributed by atoms with Crippen molar-refractivity contribution in [2.45, 2.75) is 44.6 Å². The number of nitrogens with one attached hydrogen (secondary N) is 1. The molecule has 0 saturated heterocycles. The molecule has 1 rings (SSSR count). The van der Waals surface area contributed by atoms with Crippen molar-refractivity contribution in [3.05, 3.63) is 12.2 Å². The van der Waals surface area contributed by atoms with Crippen LogP contribution in [0.3, 0.4) is 0 Å². The maximum absolute atomic E-state index is 11.8. The molecule has 0 aliphatic heterocycles. The Balaban J connectivity index is 1.81. The number of ether oxygens (including phenoxy) is 5. The van der Waals surface area contributed by atoms with Crippen molar-refractivity contribution in [1.82, 2.24) is 5.32 Å². The van der Waals surface area contributed by atoms with Gasteiger partial charge in [-0.2, -0.15) is 0 Å². The number of rotatable bonds is 16. The number of hydrogen-bond donors (Lipinski definition) is 2. The minimum atomic E-state index is -0.875. The van der Waals surface area contributed by atoms with Crippen LogP contribution in [-0.2, 0) is 28.5 Å². The molecule has 0 spiro atoms. The summed E-state index contributed by atoms with van der Waals surface area (Å²) in [6.07, 6.45) is 8.89. The van der Waals surface area contributed by atoms with Crippen LogP contribution in [0.5, 0.6) is 0 Å². The maximum Gasteiger partial charge on any atom is 0.407 e. The number of hydrogen-bond acceptors (Lipinski definition) is 7. The average molecular weight is 417 g/mol. The molecule has 0 saturated carbocycles. The summed E-state index contributed by atoms with van der Waals surface area (Å²) >= 11 is 0. The van der Waals surface area contributed by atoms with Gasteiger partial charge in [0.15, 0.2) is 0 Å². The summed E-state index contributed by atoms with van der Waals surface area (Å²) in [6, 6.07) is 0. The first-order chi connectivity index (χ1) is 14.2. The lowest BCUT2D eigenvalue weighted by Gasteiger charge is -2.16. The van der Waals surface area contributed by atoms with E-state index in [1.165, 1.54) is 12.8 Å². The number of carboxylic acids is 1. The van der Waals surface area contributed by atoms with Gasteiger partial charge >= 0.3 is 12.1 Å². The SMILES string of the molecule is O=C(O)CCOCCOCCOCCOCCNC(=O)OC1/C=C\CCCCC1. The van der Waals surface area contributed by atoms with Crippen LogP contribution < -0.4 is 5.32 Å². The highest BCUT2D eigenvalue weighted by Gasteiger charge is 2.12. The highest BCUT2D eigenvalue weighted by Crippen LogP contribution is 2.14. The molecule has 0 fully saturated rings. The van der Waals surface area contributed by atoms with E-state index in [0.717, 1.165) is 19.3 Å². The van der Waals surface area contributed by atoms with E-state index in [1.807, 2.05) is 6.08 Å². The van der Waals surface area contributed by atoms with Gasteiger partial charge < -0.3 is 34.1 Å². The Bertz CT molecular complexity index is 458. The molecule has 2 N–H and O–H groups in total. The van der Waals surface area contributed by atoms with Gasteiger partial charge in [-0.15, -0.1) is 0 Å². The van der Waals surface area contributed by atoms with Crippen LogP contribution in [0.4, 0.5) is 4.79 Å². The van der Waals surface area contributed by atoms with Crippen LogP contribution in [-0.4, -0.2) is 82.7 Å². The number of allylic oxidation sites excluding steroid dienone is 1. The molecular formula is C20H35NO8. The average Bonchev–Trinajstić information content (AvgIpc) is 2.66. The van der Waals surface area contributed by atoms with E-state index < -0.39 is 12.1 Å². The third-order valence-corrected chi connectivity index (χ3v) is 4.06.